The van der Waals surface area contributed by atoms with Gasteiger partial charge in [-0.3, -0.25) is 9.35 Å². The molecule has 0 spiro atoms. The molecule has 0 saturated carbocycles. The molecule has 0 aliphatic carbocycles. The third-order valence-electron chi connectivity index (χ3n) is 6.77. The van der Waals surface area contributed by atoms with E-state index in [0.29, 0.717) is 29.5 Å². The lowest BCUT2D eigenvalue weighted by Crippen LogP contribution is -2.33. The first-order valence-electron chi connectivity index (χ1n) is 11.5. The molecule has 9 nitrogen and oxygen atoms in total. The first-order valence-corrected chi connectivity index (χ1v) is 13.0. The van der Waals surface area contributed by atoms with Gasteiger partial charge in [-0.25, -0.2) is 4.68 Å². The highest BCUT2D eigenvalue weighted by Crippen LogP contribution is 2.39. The lowest BCUT2D eigenvalue weighted by molar-refractivity contribution is 0.100. The number of primary amides is 1. The number of nitrogens with zero attached hydrogens (tertiary/aromatic N) is 3. The fraction of sp³-hybridized carbons (Fsp3) is 0.231. The largest absolute Gasteiger partial charge is 0.785 e. The van der Waals surface area contributed by atoms with Crippen molar-refractivity contribution in [2.75, 3.05) is 6.54 Å². The van der Waals surface area contributed by atoms with Crippen LogP contribution in [0.1, 0.15) is 51.8 Å². The molecule has 36 heavy (non-hydrogen) atoms. The quantitative estimate of drug-likeness (QED) is 0.389. The SMILES string of the molecule is Cc1ccc(S(=O)(=O)O)c(C2CC[C@@H](c3ccc(-n4cc5cccc(C(N)=O)c5n4)cc3)CN2[O-])c1. The molecule has 2 atom stereocenters. The molecule has 2 heterocycles. The van der Waals surface area contributed by atoms with Crippen molar-refractivity contribution in [1.82, 2.24) is 14.8 Å². The molecule has 0 bridgehead atoms. The van der Waals surface area contributed by atoms with Gasteiger partial charge in [0.15, 0.2) is 0 Å². The average molecular weight is 506 g/mol. The normalized spacial score (nSPS) is 19.0. The van der Waals surface area contributed by atoms with Crippen molar-refractivity contribution < 1.29 is 17.8 Å². The van der Waals surface area contributed by atoms with Gasteiger partial charge in [-0.2, -0.15) is 13.5 Å². The number of aryl methyl sites for hydroxylation is 1. The van der Waals surface area contributed by atoms with Crippen LogP contribution in [-0.2, 0) is 10.1 Å². The van der Waals surface area contributed by atoms with Crippen molar-refractivity contribution in [3.05, 3.63) is 94.3 Å². The summed E-state index contributed by atoms with van der Waals surface area (Å²) in [5, 5.41) is 19.3. The van der Waals surface area contributed by atoms with Crippen LogP contribution in [0, 0.1) is 12.1 Å². The summed E-state index contributed by atoms with van der Waals surface area (Å²) in [5.41, 5.74) is 9.31. The van der Waals surface area contributed by atoms with E-state index in [1.54, 1.807) is 28.9 Å². The summed E-state index contributed by atoms with van der Waals surface area (Å²) in [5.74, 6) is -0.557. The number of hydrogen-bond donors (Lipinski definition) is 2. The molecule has 1 unspecified atom stereocenters. The van der Waals surface area contributed by atoms with E-state index < -0.39 is 22.1 Å². The third-order valence-corrected chi connectivity index (χ3v) is 7.70. The fourth-order valence-corrected chi connectivity index (χ4v) is 5.69. The van der Waals surface area contributed by atoms with Crippen LogP contribution >= 0.6 is 0 Å². The minimum atomic E-state index is -4.44. The predicted molar refractivity (Wildman–Crippen MR) is 135 cm³/mol. The summed E-state index contributed by atoms with van der Waals surface area (Å²) in [4.78, 5) is 11.5. The smallest absolute Gasteiger partial charge is 0.294 e. The van der Waals surface area contributed by atoms with Crippen molar-refractivity contribution in [2.45, 2.75) is 36.6 Å². The first kappa shape index (κ1) is 24.1. The van der Waals surface area contributed by atoms with E-state index in [1.165, 1.54) is 6.07 Å². The van der Waals surface area contributed by atoms with Crippen molar-refractivity contribution in [3.63, 3.8) is 0 Å². The van der Waals surface area contributed by atoms with Crippen molar-refractivity contribution >= 4 is 26.9 Å². The number of amides is 1. The van der Waals surface area contributed by atoms with Gasteiger partial charge in [0, 0.05) is 17.6 Å². The highest BCUT2D eigenvalue weighted by Gasteiger charge is 2.29. The van der Waals surface area contributed by atoms with Gasteiger partial charge in [0.1, 0.15) is 5.52 Å². The molecule has 1 amide bonds. The zero-order valence-electron chi connectivity index (χ0n) is 19.5. The molecule has 1 aromatic heterocycles. The van der Waals surface area contributed by atoms with E-state index in [9.17, 15) is 23.0 Å². The first-order chi connectivity index (χ1) is 17.1. The standard InChI is InChI=1S/C26H25N4O5S/c1-16-5-12-24(36(33,34)35)22(13-16)23-11-8-18(15-30(23)32)17-6-9-20(10-7-17)29-14-19-3-2-4-21(26(27)31)25(19)28-29/h2-7,9-10,12-14,18,23H,8,11,15H2,1H3,(H2,27,31)(H,33,34,35)/q-1/t18-,23?/m1/s1. The van der Waals surface area contributed by atoms with Crippen LogP contribution in [0.25, 0.3) is 16.6 Å². The molecule has 1 aliphatic rings. The van der Waals surface area contributed by atoms with Crippen molar-refractivity contribution in [1.29, 1.82) is 0 Å². The summed E-state index contributed by atoms with van der Waals surface area (Å²) in [6.45, 7) is 2.02. The van der Waals surface area contributed by atoms with Gasteiger partial charge >= 0.3 is 0 Å². The van der Waals surface area contributed by atoms with Crippen LogP contribution in [0.4, 0.5) is 0 Å². The van der Waals surface area contributed by atoms with Crippen molar-refractivity contribution in [2.24, 2.45) is 5.73 Å². The molecule has 4 aromatic rings. The van der Waals surface area contributed by atoms with Crippen LogP contribution in [0.2, 0.25) is 0 Å². The maximum Gasteiger partial charge on any atom is 0.294 e. The molecule has 5 rings (SSSR count). The Morgan fingerprint density at radius 2 is 1.86 bits per heavy atom. The second kappa shape index (κ2) is 9.14. The van der Waals surface area contributed by atoms with Gasteiger partial charge in [-0.15, -0.1) is 0 Å². The Hall–Kier alpha value is -3.57. The number of carbonyl (C=O) groups excluding carboxylic acids is 1. The molecule has 3 aromatic carbocycles. The average Bonchev–Trinajstić information content (AvgIpc) is 3.27. The zero-order valence-corrected chi connectivity index (χ0v) is 20.4. The summed E-state index contributed by atoms with van der Waals surface area (Å²) in [6.07, 6.45) is 2.98. The minimum absolute atomic E-state index is 0.0232. The Bertz CT molecular complexity index is 1560. The van der Waals surface area contributed by atoms with E-state index >= 15 is 0 Å². The monoisotopic (exact) mass is 505 g/mol. The summed E-state index contributed by atoms with van der Waals surface area (Å²) < 4.78 is 35.1. The van der Waals surface area contributed by atoms with Gasteiger partial charge in [-0.1, -0.05) is 42.0 Å². The number of hydrogen-bond acceptors (Lipinski definition) is 6. The van der Waals surface area contributed by atoms with Crippen LogP contribution < -0.4 is 5.73 Å². The third kappa shape index (κ3) is 4.51. The predicted octanol–water partition coefficient (Wildman–Crippen LogP) is 4.10. The number of carbonyl (C=O) groups is 1. The number of hydroxylamine groups is 2. The number of benzene rings is 3. The Labute approximate surface area is 208 Å². The zero-order chi connectivity index (χ0) is 25.6. The van der Waals surface area contributed by atoms with Gasteiger partial charge in [0.2, 0.25) is 0 Å². The molecule has 1 fully saturated rings. The molecule has 1 saturated heterocycles. The van der Waals surface area contributed by atoms with Gasteiger partial charge in [-0.05, 0) is 67.6 Å². The Morgan fingerprint density at radius 3 is 2.53 bits per heavy atom. The summed E-state index contributed by atoms with van der Waals surface area (Å²) >= 11 is 0. The lowest BCUT2D eigenvalue weighted by Gasteiger charge is -2.45. The summed E-state index contributed by atoms with van der Waals surface area (Å²) in [7, 11) is -4.44. The number of rotatable bonds is 5. The molecule has 186 valence electrons. The van der Waals surface area contributed by atoms with Gasteiger partial charge < -0.3 is 16.0 Å². The number of aromatic nitrogens is 2. The van der Waals surface area contributed by atoms with E-state index in [0.717, 1.165) is 27.3 Å². The van der Waals surface area contributed by atoms with E-state index in [-0.39, 0.29) is 17.4 Å². The second-order valence-corrected chi connectivity index (χ2v) is 10.6. The van der Waals surface area contributed by atoms with Crippen LogP contribution in [0.15, 0.2) is 71.8 Å². The highest BCUT2D eigenvalue weighted by molar-refractivity contribution is 7.85. The maximum absolute atomic E-state index is 13.0. The lowest BCUT2D eigenvalue weighted by atomic mass is 9.86. The molecule has 3 N–H and O–H groups in total. The highest BCUT2D eigenvalue weighted by atomic mass is 32.2. The molecule has 0 radical (unpaired) electrons. The molecular formula is C26H25N4O5S-. The number of piperidine rings is 1. The fourth-order valence-electron chi connectivity index (χ4n) is 4.96. The maximum atomic E-state index is 13.0. The second-order valence-electron chi connectivity index (χ2n) is 9.18. The molecule has 1 aliphatic heterocycles. The van der Waals surface area contributed by atoms with Gasteiger partial charge in [0.05, 0.1) is 16.1 Å². The number of fused-ring (bicyclic) bond motifs is 1. The Morgan fingerprint density at radius 1 is 1.11 bits per heavy atom. The van der Waals surface area contributed by atoms with Crippen LogP contribution in [0.5, 0.6) is 0 Å². The molecule has 10 heteroatoms. The molecular weight excluding hydrogens is 480 g/mol. The van der Waals surface area contributed by atoms with Crippen LogP contribution in [0.3, 0.4) is 0 Å². The Kier molecular flexibility index (Phi) is 6.13. The van der Waals surface area contributed by atoms with Crippen LogP contribution in [-0.4, -0.2) is 40.3 Å². The van der Waals surface area contributed by atoms with Crippen molar-refractivity contribution in [3.8, 4) is 5.69 Å². The Balaban J connectivity index is 1.36. The topological polar surface area (TPSA) is 142 Å². The van der Waals surface area contributed by atoms with E-state index in [1.807, 2.05) is 43.5 Å². The van der Waals surface area contributed by atoms with E-state index in [4.69, 9.17) is 5.73 Å². The summed E-state index contributed by atoms with van der Waals surface area (Å²) in [6, 6.07) is 17.0. The van der Waals surface area contributed by atoms with Gasteiger partial charge in [0.25, 0.3) is 16.0 Å². The minimum Gasteiger partial charge on any atom is -0.785 e. The number of nitrogens with two attached hydrogens (primary N) is 1. The van der Waals surface area contributed by atoms with E-state index in [2.05, 4.69) is 5.10 Å².